The van der Waals surface area contributed by atoms with Gasteiger partial charge in [0.2, 0.25) is 11.8 Å². The highest BCUT2D eigenvalue weighted by Gasteiger charge is 2.28. The van der Waals surface area contributed by atoms with E-state index in [1.54, 1.807) is 12.1 Å². The predicted octanol–water partition coefficient (Wildman–Crippen LogP) is 0.130. The van der Waals surface area contributed by atoms with Crippen LogP contribution in [0.25, 0.3) is 0 Å². The molecule has 1 aliphatic rings. The van der Waals surface area contributed by atoms with Crippen LogP contribution in [0.1, 0.15) is 10.4 Å². The maximum absolute atomic E-state index is 12.2. The van der Waals surface area contributed by atoms with E-state index in [0.717, 1.165) is 0 Å². The van der Waals surface area contributed by atoms with Crippen LogP contribution in [0.2, 0.25) is 0 Å². The number of imide groups is 1. The summed E-state index contributed by atoms with van der Waals surface area (Å²) in [6.07, 6.45) is 0. The summed E-state index contributed by atoms with van der Waals surface area (Å²) < 4.78 is 0.570. The topological polar surface area (TPSA) is 92.5 Å². The molecule has 1 heterocycles. The average Bonchev–Trinajstić information content (AvgIpc) is 2.30. The lowest BCUT2D eigenvalue weighted by Gasteiger charge is -2.25. The molecule has 18 heavy (non-hydrogen) atoms. The van der Waals surface area contributed by atoms with E-state index in [1.807, 2.05) is 0 Å². The Kier molecular flexibility index (Phi) is 3.33. The van der Waals surface area contributed by atoms with Gasteiger partial charge in [-0.05, 0) is 34.1 Å². The molecule has 0 aliphatic carbocycles. The number of benzene rings is 1. The van der Waals surface area contributed by atoms with Gasteiger partial charge in [0.25, 0.3) is 5.91 Å². The van der Waals surface area contributed by atoms with E-state index >= 15 is 0 Å². The van der Waals surface area contributed by atoms with Crippen molar-refractivity contribution in [2.45, 2.75) is 0 Å². The molecule has 1 aromatic carbocycles. The minimum absolute atomic E-state index is 0.133. The number of nitrogens with zero attached hydrogens (tertiary/aromatic N) is 1. The quantitative estimate of drug-likeness (QED) is 0.569. The van der Waals surface area contributed by atoms with Crippen LogP contribution < -0.4 is 11.1 Å². The van der Waals surface area contributed by atoms with Gasteiger partial charge in [-0.3, -0.25) is 19.7 Å². The minimum atomic E-state index is -0.486. The molecule has 0 spiro atoms. The van der Waals surface area contributed by atoms with Gasteiger partial charge in [-0.25, -0.2) is 0 Å². The number of nitrogen functional groups attached to an aromatic ring is 1. The lowest BCUT2D eigenvalue weighted by molar-refractivity contribution is -0.135. The van der Waals surface area contributed by atoms with Crippen LogP contribution in [0.15, 0.2) is 22.7 Å². The molecule has 0 atom stereocenters. The van der Waals surface area contributed by atoms with Gasteiger partial charge in [-0.2, -0.15) is 0 Å². The first kappa shape index (κ1) is 12.6. The molecule has 1 saturated heterocycles. The summed E-state index contributed by atoms with van der Waals surface area (Å²) in [5, 5.41) is 2.13. The van der Waals surface area contributed by atoms with Gasteiger partial charge in [-0.15, -0.1) is 0 Å². The third-order valence-electron chi connectivity index (χ3n) is 2.46. The van der Waals surface area contributed by atoms with E-state index in [9.17, 15) is 14.4 Å². The SMILES string of the molecule is Nc1ccc(Br)c(C(=O)N2CC(=O)NC(=O)C2)c1. The highest BCUT2D eigenvalue weighted by Crippen LogP contribution is 2.21. The van der Waals surface area contributed by atoms with Crippen LogP contribution in [0.3, 0.4) is 0 Å². The summed E-state index contributed by atoms with van der Waals surface area (Å²) in [5.41, 5.74) is 6.38. The first-order chi connectivity index (χ1) is 8.47. The predicted molar refractivity (Wildman–Crippen MR) is 67.6 cm³/mol. The van der Waals surface area contributed by atoms with Crippen LogP contribution in [-0.4, -0.2) is 35.7 Å². The molecule has 0 bridgehead atoms. The number of piperazine rings is 1. The third kappa shape index (κ3) is 2.51. The van der Waals surface area contributed by atoms with E-state index in [4.69, 9.17) is 5.73 Å². The molecule has 1 aromatic rings. The standard InChI is InChI=1S/C11H10BrN3O3/c12-8-2-1-6(13)3-7(8)11(18)15-4-9(16)14-10(17)5-15/h1-3H,4-5,13H2,(H,14,16,17). The van der Waals surface area contributed by atoms with Crippen LogP contribution in [0.5, 0.6) is 0 Å². The number of rotatable bonds is 1. The monoisotopic (exact) mass is 311 g/mol. The molecular weight excluding hydrogens is 302 g/mol. The largest absolute Gasteiger partial charge is 0.399 e. The van der Waals surface area contributed by atoms with E-state index in [0.29, 0.717) is 15.7 Å². The van der Waals surface area contributed by atoms with Gasteiger partial charge in [0.15, 0.2) is 0 Å². The molecule has 6 nitrogen and oxygen atoms in total. The number of nitrogens with one attached hydrogen (secondary N) is 1. The van der Waals surface area contributed by atoms with Gasteiger partial charge in [0, 0.05) is 10.2 Å². The van der Waals surface area contributed by atoms with Crippen molar-refractivity contribution in [1.29, 1.82) is 0 Å². The zero-order valence-electron chi connectivity index (χ0n) is 9.27. The van der Waals surface area contributed by atoms with Crippen LogP contribution in [0, 0.1) is 0 Å². The van der Waals surface area contributed by atoms with Crippen molar-refractivity contribution in [3.63, 3.8) is 0 Å². The van der Waals surface area contributed by atoms with Gasteiger partial charge < -0.3 is 10.6 Å². The Labute approximate surface area is 111 Å². The Hall–Kier alpha value is -1.89. The van der Waals surface area contributed by atoms with Crippen molar-refractivity contribution in [3.8, 4) is 0 Å². The Bertz CT molecular complexity index is 528. The number of amides is 3. The summed E-state index contributed by atoms with van der Waals surface area (Å²) in [6, 6.07) is 4.80. The maximum atomic E-state index is 12.2. The van der Waals surface area contributed by atoms with E-state index in [2.05, 4.69) is 21.2 Å². The second-order valence-electron chi connectivity index (χ2n) is 3.87. The maximum Gasteiger partial charge on any atom is 0.256 e. The van der Waals surface area contributed by atoms with E-state index in [-0.39, 0.29) is 13.1 Å². The zero-order valence-corrected chi connectivity index (χ0v) is 10.9. The number of carbonyl (C=O) groups excluding carboxylic acids is 3. The number of anilines is 1. The van der Waals surface area contributed by atoms with Gasteiger partial charge in [-0.1, -0.05) is 0 Å². The number of hydrogen-bond donors (Lipinski definition) is 2. The molecule has 1 aliphatic heterocycles. The molecule has 3 amide bonds. The third-order valence-corrected chi connectivity index (χ3v) is 3.15. The molecule has 1 fully saturated rings. The van der Waals surface area contributed by atoms with Crippen LogP contribution >= 0.6 is 15.9 Å². The van der Waals surface area contributed by atoms with Gasteiger partial charge in [0.1, 0.15) is 13.1 Å². The molecule has 94 valence electrons. The summed E-state index contributed by atoms with van der Waals surface area (Å²) in [7, 11) is 0. The average molecular weight is 312 g/mol. The molecule has 0 aromatic heterocycles. The Morgan fingerprint density at radius 3 is 2.50 bits per heavy atom. The lowest BCUT2D eigenvalue weighted by Crippen LogP contribution is -2.53. The number of nitrogens with two attached hydrogens (primary N) is 1. The molecule has 3 N–H and O–H groups in total. The van der Waals surface area contributed by atoms with Gasteiger partial charge in [0.05, 0.1) is 5.56 Å². The second-order valence-corrected chi connectivity index (χ2v) is 4.73. The van der Waals surface area contributed by atoms with Crippen molar-refractivity contribution in [2.75, 3.05) is 18.8 Å². The van der Waals surface area contributed by atoms with E-state index < -0.39 is 17.7 Å². The molecule has 0 unspecified atom stereocenters. The highest BCUT2D eigenvalue weighted by molar-refractivity contribution is 9.10. The smallest absolute Gasteiger partial charge is 0.256 e. The minimum Gasteiger partial charge on any atom is -0.399 e. The Balaban J connectivity index is 2.28. The van der Waals surface area contributed by atoms with Crippen LogP contribution in [-0.2, 0) is 9.59 Å². The molecular formula is C11H10BrN3O3. The van der Waals surface area contributed by atoms with Crippen LogP contribution in [0.4, 0.5) is 5.69 Å². The van der Waals surface area contributed by atoms with Crippen molar-refractivity contribution in [3.05, 3.63) is 28.2 Å². The summed E-state index contributed by atoms with van der Waals surface area (Å²) in [5.74, 6) is -1.38. The molecule has 0 radical (unpaired) electrons. The lowest BCUT2D eigenvalue weighted by atomic mass is 10.1. The normalized spacial score (nSPS) is 15.5. The molecule has 2 rings (SSSR count). The summed E-state index contributed by atoms with van der Waals surface area (Å²) in [4.78, 5) is 35.8. The number of hydrogen-bond acceptors (Lipinski definition) is 4. The fourth-order valence-electron chi connectivity index (χ4n) is 1.66. The first-order valence-electron chi connectivity index (χ1n) is 5.14. The Morgan fingerprint density at radius 1 is 1.28 bits per heavy atom. The zero-order chi connectivity index (χ0) is 13.3. The number of carbonyl (C=O) groups is 3. The van der Waals surface area contributed by atoms with Crippen molar-refractivity contribution >= 4 is 39.3 Å². The number of halogens is 1. The van der Waals surface area contributed by atoms with Crippen molar-refractivity contribution in [1.82, 2.24) is 10.2 Å². The fraction of sp³-hybridized carbons (Fsp3) is 0.182. The Morgan fingerprint density at radius 2 is 1.89 bits per heavy atom. The van der Waals surface area contributed by atoms with Crippen molar-refractivity contribution < 1.29 is 14.4 Å². The summed E-state index contributed by atoms with van der Waals surface area (Å²) in [6.45, 7) is -0.266. The second kappa shape index (κ2) is 4.77. The molecule has 0 saturated carbocycles. The summed E-state index contributed by atoms with van der Waals surface area (Å²) >= 11 is 3.24. The highest BCUT2D eigenvalue weighted by atomic mass is 79.9. The fourth-order valence-corrected chi connectivity index (χ4v) is 2.07. The molecule has 7 heteroatoms. The van der Waals surface area contributed by atoms with E-state index in [1.165, 1.54) is 11.0 Å². The van der Waals surface area contributed by atoms with Crippen molar-refractivity contribution in [2.24, 2.45) is 0 Å². The first-order valence-corrected chi connectivity index (χ1v) is 5.93. The van der Waals surface area contributed by atoms with Gasteiger partial charge >= 0.3 is 0 Å².